The first-order valence-corrected chi connectivity index (χ1v) is 5.88. The van der Waals surface area contributed by atoms with Crippen LogP contribution in [0.25, 0.3) is 0 Å². The van der Waals surface area contributed by atoms with Gasteiger partial charge in [-0.25, -0.2) is 4.98 Å². The summed E-state index contributed by atoms with van der Waals surface area (Å²) in [5.74, 6) is -1.38. The number of carboxylic acid groups (broad SMARTS) is 1. The topological polar surface area (TPSA) is 108 Å². The number of nitrogens with one attached hydrogen (secondary N) is 2. The zero-order chi connectivity index (χ0) is 13.7. The first-order chi connectivity index (χ1) is 8.45. The second-order valence-corrected chi connectivity index (χ2v) is 4.36. The molecule has 0 saturated heterocycles. The molecule has 0 aliphatic carbocycles. The van der Waals surface area contributed by atoms with E-state index < -0.39 is 17.8 Å². The van der Waals surface area contributed by atoms with Gasteiger partial charge in [0.25, 0.3) is 5.91 Å². The van der Waals surface area contributed by atoms with Crippen molar-refractivity contribution in [1.82, 2.24) is 20.5 Å². The van der Waals surface area contributed by atoms with Crippen molar-refractivity contribution in [2.75, 3.05) is 6.54 Å². The van der Waals surface area contributed by atoms with E-state index in [0.717, 1.165) is 0 Å². The van der Waals surface area contributed by atoms with Crippen molar-refractivity contribution >= 4 is 11.9 Å². The van der Waals surface area contributed by atoms with E-state index >= 15 is 0 Å². The Morgan fingerprint density at radius 3 is 2.56 bits per heavy atom. The lowest BCUT2D eigenvalue weighted by Gasteiger charge is -2.15. The summed E-state index contributed by atoms with van der Waals surface area (Å²) >= 11 is 0. The summed E-state index contributed by atoms with van der Waals surface area (Å²) in [5, 5.41) is 17.9. The number of aromatic nitrogens is 3. The van der Waals surface area contributed by atoms with E-state index in [1.165, 1.54) is 0 Å². The van der Waals surface area contributed by atoms with Gasteiger partial charge in [0.15, 0.2) is 0 Å². The van der Waals surface area contributed by atoms with Crippen molar-refractivity contribution in [2.45, 2.75) is 27.2 Å². The van der Waals surface area contributed by atoms with Gasteiger partial charge in [-0.15, -0.1) is 5.10 Å². The van der Waals surface area contributed by atoms with Crippen molar-refractivity contribution in [3.8, 4) is 0 Å². The van der Waals surface area contributed by atoms with Gasteiger partial charge in [-0.3, -0.25) is 14.7 Å². The summed E-state index contributed by atoms with van der Waals surface area (Å²) in [6.07, 6.45) is 0.657. The molecule has 0 fully saturated rings. The van der Waals surface area contributed by atoms with E-state index in [-0.39, 0.29) is 18.3 Å². The van der Waals surface area contributed by atoms with Gasteiger partial charge in [-0.1, -0.05) is 20.8 Å². The molecule has 1 unspecified atom stereocenters. The summed E-state index contributed by atoms with van der Waals surface area (Å²) in [7, 11) is 0. The monoisotopic (exact) mass is 254 g/mol. The van der Waals surface area contributed by atoms with Crippen molar-refractivity contribution in [2.24, 2.45) is 11.8 Å². The highest BCUT2D eigenvalue weighted by Gasteiger charge is 2.23. The third-order valence-electron chi connectivity index (χ3n) is 2.67. The van der Waals surface area contributed by atoms with Crippen molar-refractivity contribution in [3.05, 3.63) is 11.6 Å². The molecule has 3 N–H and O–H groups in total. The highest BCUT2D eigenvalue weighted by atomic mass is 16.4. The highest BCUT2D eigenvalue weighted by molar-refractivity contribution is 5.90. The fraction of sp³-hybridized carbons (Fsp3) is 0.636. The largest absolute Gasteiger partial charge is 0.481 e. The Morgan fingerprint density at radius 1 is 1.44 bits per heavy atom. The first-order valence-electron chi connectivity index (χ1n) is 5.88. The predicted molar refractivity (Wildman–Crippen MR) is 64.1 cm³/mol. The number of nitrogens with zero attached hydrogens (tertiary/aromatic N) is 2. The lowest BCUT2D eigenvalue weighted by molar-refractivity contribution is -0.142. The lowest BCUT2D eigenvalue weighted by atomic mass is 9.96. The van der Waals surface area contributed by atoms with Crippen molar-refractivity contribution < 1.29 is 14.7 Å². The maximum absolute atomic E-state index is 11.7. The summed E-state index contributed by atoms with van der Waals surface area (Å²) in [6.45, 7) is 5.56. The van der Waals surface area contributed by atoms with Gasteiger partial charge in [-0.2, -0.15) is 0 Å². The quantitative estimate of drug-likeness (QED) is 0.683. The summed E-state index contributed by atoms with van der Waals surface area (Å²) < 4.78 is 0. The molecule has 7 nitrogen and oxygen atoms in total. The molecule has 1 atom stereocenters. The number of carbonyl (C=O) groups excluding carboxylic acids is 1. The molecule has 1 aromatic heterocycles. The number of aromatic amines is 1. The number of carboxylic acids is 1. The number of H-pyrrole nitrogens is 1. The van der Waals surface area contributed by atoms with E-state index in [9.17, 15) is 9.59 Å². The summed E-state index contributed by atoms with van der Waals surface area (Å²) in [5.41, 5.74) is 0. The van der Waals surface area contributed by atoms with Crippen molar-refractivity contribution in [3.63, 3.8) is 0 Å². The maximum atomic E-state index is 11.7. The zero-order valence-corrected chi connectivity index (χ0v) is 10.7. The van der Waals surface area contributed by atoms with Crippen LogP contribution < -0.4 is 5.32 Å². The second-order valence-electron chi connectivity index (χ2n) is 4.36. The van der Waals surface area contributed by atoms with Crippen LogP contribution in [-0.4, -0.2) is 38.7 Å². The maximum Gasteiger partial charge on any atom is 0.308 e. The van der Waals surface area contributed by atoms with Gasteiger partial charge >= 0.3 is 5.97 Å². The molecule has 1 aromatic rings. The van der Waals surface area contributed by atoms with Crippen LogP contribution in [0.15, 0.2) is 0 Å². The number of aryl methyl sites for hydroxylation is 1. The molecule has 1 heterocycles. The Hall–Kier alpha value is -1.92. The fourth-order valence-electron chi connectivity index (χ4n) is 1.44. The molecule has 0 spiro atoms. The van der Waals surface area contributed by atoms with Crippen LogP contribution in [0.2, 0.25) is 0 Å². The lowest BCUT2D eigenvalue weighted by Crippen LogP contribution is -2.36. The Bertz CT molecular complexity index is 428. The van der Waals surface area contributed by atoms with Gasteiger partial charge in [0.2, 0.25) is 5.82 Å². The van der Waals surface area contributed by atoms with Crippen molar-refractivity contribution in [1.29, 1.82) is 0 Å². The third kappa shape index (κ3) is 3.54. The molecule has 0 aliphatic rings. The molecule has 100 valence electrons. The smallest absolute Gasteiger partial charge is 0.308 e. The van der Waals surface area contributed by atoms with Crippen LogP contribution in [0.5, 0.6) is 0 Å². The van der Waals surface area contributed by atoms with E-state index in [0.29, 0.717) is 12.2 Å². The number of hydrogen-bond donors (Lipinski definition) is 3. The van der Waals surface area contributed by atoms with Crippen LogP contribution in [0.4, 0.5) is 0 Å². The molecule has 1 rings (SSSR count). The fourth-order valence-corrected chi connectivity index (χ4v) is 1.44. The van der Waals surface area contributed by atoms with E-state index in [1.807, 2.05) is 6.92 Å². The number of rotatable bonds is 6. The predicted octanol–water partition coefficient (Wildman–Crippen LogP) is 0.454. The molecule has 18 heavy (non-hydrogen) atoms. The average molecular weight is 254 g/mol. The van der Waals surface area contributed by atoms with Crippen LogP contribution >= 0.6 is 0 Å². The standard InChI is InChI=1S/C11H18N4O3/c1-4-8-13-9(15-14-8)10(16)12-5-7(6(2)3)11(17)18/h6-7H,4-5H2,1-3H3,(H,12,16)(H,17,18)(H,13,14,15). The molecular weight excluding hydrogens is 236 g/mol. The first kappa shape index (κ1) is 14.1. The molecule has 0 saturated carbocycles. The van der Waals surface area contributed by atoms with Gasteiger partial charge in [0, 0.05) is 13.0 Å². The SMILES string of the molecule is CCc1nc(C(=O)NCC(C(=O)O)C(C)C)n[nH]1. The second kappa shape index (κ2) is 6.13. The van der Waals surface area contributed by atoms with E-state index in [2.05, 4.69) is 20.5 Å². The third-order valence-corrected chi connectivity index (χ3v) is 2.67. The number of hydrogen-bond acceptors (Lipinski definition) is 4. The van der Waals surface area contributed by atoms with Crippen LogP contribution in [-0.2, 0) is 11.2 Å². The normalized spacial score (nSPS) is 12.4. The van der Waals surface area contributed by atoms with Gasteiger partial charge in [0.05, 0.1) is 5.92 Å². The van der Waals surface area contributed by atoms with Crippen LogP contribution in [0.3, 0.4) is 0 Å². The van der Waals surface area contributed by atoms with Gasteiger partial charge in [0.1, 0.15) is 5.82 Å². The van der Waals surface area contributed by atoms with Gasteiger partial charge in [-0.05, 0) is 5.92 Å². The number of carbonyl (C=O) groups is 2. The Kier molecular flexibility index (Phi) is 4.82. The van der Waals surface area contributed by atoms with Crippen LogP contribution in [0, 0.1) is 11.8 Å². The minimum absolute atomic E-state index is 0.0414. The molecule has 1 amide bonds. The number of aliphatic carboxylic acids is 1. The minimum atomic E-state index is -0.922. The average Bonchev–Trinajstić information content (AvgIpc) is 2.76. The van der Waals surface area contributed by atoms with Crippen LogP contribution in [0.1, 0.15) is 37.2 Å². The Labute approximate surface area is 105 Å². The summed E-state index contributed by atoms with van der Waals surface area (Å²) in [6, 6.07) is 0. The minimum Gasteiger partial charge on any atom is -0.481 e. The Morgan fingerprint density at radius 2 is 2.11 bits per heavy atom. The molecule has 0 radical (unpaired) electrons. The molecular formula is C11H18N4O3. The molecule has 0 aliphatic heterocycles. The van der Waals surface area contributed by atoms with E-state index in [4.69, 9.17) is 5.11 Å². The molecule has 0 aromatic carbocycles. The molecule has 7 heteroatoms. The van der Waals surface area contributed by atoms with E-state index in [1.54, 1.807) is 13.8 Å². The highest BCUT2D eigenvalue weighted by Crippen LogP contribution is 2.09. The zero-order valence-electron chi connectivity index (χ0n) is 10.7. The molecule has 0 bridgehead atoms. The van der Waals surface area contributed by atoms with Gasteiger partial charge < -0.3 is 10.4 Å². The Balaban J connectivity index is 2.57. The number of amides is 1. The summed E-state index contributed by atoms with van der Waals surface area (Å²) in [4.78, 5) is 26.6.